The second-order valence-corrected chi connectivity index (χ2v) is 6.73. The molecule has 1 aromatic carbocycles. The Morgan fingerprint density at radius 2 is 1.79 bits per heavy atom. The largest absolute Gasteiger partial charge is 0.288 e. The number of hydrogen-bond acceptors (Lipinski definition) is 2. The summed E-state index contributed by atoms with van der Waals surface area (Å²) in [4.78, 5) is 14.4. The molecule has 1 aromatic heterocycles. The van der Waals surface area contributed by atoms with Gasteiger partial charge in [0.2, 0.25) is 5.78 Å². The zero-order chi connectivity index (χ0) is 14.0. The number of rotatable bonds is 4. The van der Waals surface area contributed by atoms with Crippen LogP contribution in [0.2, 0.25) is 0 Å². The second kappa shape index (κ2) is 5.70. The second-order valence-electron chi connectivity index (χ2n) is 5.47. The minimum Gasteiger partial charge on any atom is -0.288 e. The highest BCUT2D eigenvalue weighted by Gasteiger charge is 2.12. The van der Waals surface area contributed by atoms with E-state index in [-0.39, 0.29) is 5.78 Å². The van der Waals surface area contributed by atoms with Gasteiger partial charge >= 0.3 is 0 Å². The topological polar surface area (TPSA) is 17.1 Å². The summed E-state index contributed by atoms with van der Waals surface area (Å²) in [5.41, 5.74) is 3.28. The highest BCUT2D eigenvalue weighted by atomic mass is 32.1. The Labute approximate surface area is 119 Å². The van der Waals surface area contributed by atoms with E-state index in [0.717, 1.165) is 16.9 Å². The van der Waals surface area contributed by atoms with Crippen LogP contribution in [0.4, 0.5) is 0 Å². The molecule has 2 aromatic rings. The van der Waals surface area contributed by atoms with Crippen LogP contribution in [0.25, 0.3) is 0 Å². The predicted molar refractivity (Wildman–Crippen MR) is 82.2 cm³/mol. The van der Waals surface area contributed by atoms with Gasteiger partial charge in [0.25, 0.3) is 0 Å². The van der Waals surface area contributed by atoms with Crippen molar-refractivity contribution >= 4 is 17.1 Å². The summed E-state index contributed by atoms with van der Waals surface area (Å²) in [5.74, 6) is 0.779. The summed E-state index contributed by atoms with van der Waals surface area (Å²) in [6.45, 7) is 8.52. The SMILES string of the molecule is Cc1cc(C(=O)c2ccc(CC(C)C)cc2)sc1C. The van der Waals surface area contributed by atoms with Gasteiger partial charge in [-0.3, -0.25) is 4.79 Å². The molecule has 0 radical (unpaired) electrons. The van der Waals surface area contributed by atoms with Crippen molar-refractivity contribution in [3.05, 3.63) is 56.8 Å². The lowest BCUT2D eigenvalue weighted by Gasteiger charge is -2.05. The molecular weight excluding hydrogens is 252 g/mol. The first-order chi connectivity index (χ1) is 8.97. The fourth-order valence-corrected chi connectivity index (χ4v) is 3.09. The standard InChI is InChI=1S/C17H20OS/c1-11(2)9-14-5-7-15(8-6-14)17(18)16-10-12(3)13(4)19-16/h5-8,10-11H,9H2,1-4H3. The van der Waals surface area contributed by atoms with E-state index in [1.54, 1.807) is 11.3 Å². The van der Waals surface area contributed by atoms with Gasteiger partial charge in [0.05, 0.1) is 4.88 Å². The molecule has 0 saturated carbocycles. The van der Waals surface area contributed by atoms with E-state index in [4.69, 9.17) is 0 Å². The number of ketones is 1. The molecule has 0 N–H and O–H groups in total. The highest BCUT2D eigenvalue weighted by molar-refractivity contribution is 7.14. The Morgan fingerprint density at radius 1 is 1.16 bits per heavy atom. The van der Waals surface area contributed by atoms with E-state index in [2.05, 4.69) is 32.9 Å². The molecule has 0 fully saturated rings. The van der Waals surface area contributed by atoms with E-state index in [9.17, 15) is 4.79 Å². The lowest BCUT2D eigenvalue weighted by atomic mass is 10.0. The molecule has 0 aliphatic rings. The molecule has 0 saturated heterocycles. The maximum atomic E-state index is 12.4. The van der Waals surface area contributed by atoms with Crippen molar-refractivity contribution in [3.8, 4) is 0 Å². The van der Waals surface area contributed by atoms with E-state index in [1.165, 1.54) is 16.0 Å². The summed E-state index contributed by atoms with van der Waals surface area (Å²) in [6.07, 6.45) is 1.06. The molecule has 0 amide bonds. The van der Waals surface area contributed by atoms with Gasteiger partial charge in [0, 0.05) is 10.4 Å². The molecule has 0 atom stereocenters. The number of carbonyl (C=O) groups excluding carboxylic acids is 1. The smallest absolute Gasteiger partial charge is 0.202 e. The lowest BCUT2D eigenvalue weighted by molar-refractivity contribution is 0.104. The van der Waals surface area contributed by atoms with E-state index < -0.39 is 0 Å². The molecule has 0 unspecified atom stereocenters. The van der Waals surface area contributed by atoms with Gasteiger partial charge in [-0.25, -0.2) is 0 Å². The van der Waals surface area contributed by atoms with Crippen molar-refractivity contribution in [2.24, 2.45) is 5.92 Å². The van der Waals surface area contributed by atoms with Gasteiger partial charge in [0.15, 0.2) is 0 Å². The highest BCUT2D eigenvalue weighted by Crippen LogP contribution is 2.23. The average molecular weight is 272 g/mol. The van der Waals surface area contributed by atoms with Crippen molar-refractivity contribution < 1.29 is 4.79 Å². The number of hydrogen-bond donors (Lipinski definition) is 0. The van der Waals surface area contributed by atoms with Crippen LogP contribution >= 0.6 is 11.3 Å². The van der Waals surface area contributed by atoms with Crippen LogP contribution in [-0.2, 0) is 6.42 Å². The molecule has 100 valence electrons. The maximum absolute atomic E-state index is 12.4. The first kappa shape index (κ1) is 14.0. The summed E-state index contributed by atoms with van der Waals surface area (Å²) in [7, 11) is 0. The van der Waals surface area contributed by atoms with Crippen molar-refractivity contribution in [1.82, 2.24) is 0 Å². The molecule has 19 heavy (non-hydrogen) atoms. The minimum absolute atomic E-state index is 0.136. The average Bonchev–Trinajstić information content (AvgIpc) is 2.69. The van der Waals surface area contributed by atoms with Crippen LogP contribution < -0.4 is 0 Å². The third-order valence-corrected chi connectivity index (χ3v) is 4.40. The molecule has 0 aliphatic heterocycles. The van der Waals surface area contributed by atoms with E-state index >= 15 is 0 Å². The van der Waals surface area contributed by atoms with Crippen LogP contribution in [0.15, 0.2) is 30.3 Å². The number of thiophene rings is 1. The van der Waals surface area contributed by atoms with Crippen LogP contribution in [0.3, 0.4) is 0 Å². The van der Waals surface area contributed by atoms with Crippen LogP contribution in [0, 0.1) is 19.8 Å². The first-order valence-electron chi connectivity index (χ1n) is 6.68. The van der Waals surface area contributed by atoms with Gasteiger partial charge in [-0.2, -0.15) is 0 Å². The zero-order valence-corrected chi connectivity index (χ0v) is 12.8. The Hall–Kier alpha value is -1.41. The summed E-state index contributed by atoms with van der Waals surface area (Å²) >= 11 is 1.58. The number of carbonyl (C=O) groups is 1. The monoisotopic (exact) mass is 272 g/mol. The minimum atomic E-state index is 0.136. The summed E-state index contributed by atoms with van der Waals surface area (Å²) < 4.78 is 0. The fourth-order valence-electron chi connectivity index (χ4n) is 2.09. The molecule has 2 heteroatoms. The van der Waals surface area contributed by atoms with Crippen molar-refractivity contribution in [2.75, 3.05) is 0 Å². The molecule has 2 rings (SSSR count). The number of aryl methyl sites for hydroxylation is 2. The Bertz CT molecular complexity index is 556. The van der Waals surface area contributed by atoms with E-state index in [0.29, 0.717) is 5.92 Å². The number of benzene rings is 1. The quantitative estimate of drug-likeness (QED) is 0.731. The van der Waals surface area contributed by atoms with Gasteiger partial charge in [-0.15, -0.1) is 11.3 Å². The third-order valence-electron chi connectivity index (χ3n) is 3.25. The Kier molecular flexibility index (Phi) is 4.20. The Morgan fingerprint density at radius 3 is 2.26 bits per heavy atom. The van der Waals surface area contributed by atoms with Crippen molar-refractivity contribution in [2.45, 2.75) is 34.1 Å². The molecule has 0 aliphatic carbocycles. The van der Waals surface area contributed by atoms with Crippen molar-refractivity contribution in [1.29, 1.82) is 0 Å². The zero-order valence-electron chi connectivity index (χ0n) is 12.0. The molecule has 1 heterocycles. The van der Waals surface area contributed by atoms with Gasteiger partial charge in [-0.05, 0) is 43.4 Å². The van der Waals surface area contributed by atoms with Crippen molar-refractivity contribution in [3.63, 3.8) is 0 Å². The molecular formula is C17H20OS. The van der Waals surface area contributed by atoms with Gasteiger partial charge in [-0.1, -0.05) is 38.1 Å². The van der Waals surface area contributed by atoms with Gasteiger partial charge < -0.3 is 0 Å². The molecule has 1 nitrogen and oxygen atoms in total. The van der Waals surface area contributed by atoms with Crippen LogP contribution in [-0.4, -0.2) is 5.78 Å². The van der Waals surface area contributed by atoms with E-state index in [1.807, 2.05) is 25.1 Å². The summed E-state index contributed by atoms with van der Waals surface area (Å²) in [5, 5.41) is 0. The first-order valence-corrected chi connectivity index (χ1v) is 7.49. The maximum Gasteiger partial charge on any atom is 0.202 e. The normalized spacial score (nSPS) is 11.0. The predicted octanol–water partition coefficient (Wildman–Crippen LogP) is 4.79. The van der Waals surface area contributed by atoms with Crippen LogP contribution in [0.5, 0.6) is 0 Å². The molecule has 0 spiro atoms. The molecule has 0 bridgehead atoms. The summed E-state index contributed by atoms with van der Waals surface area (Å²) in [6, 6.07) is 10.0. The Balaban J connectivity index is 2.20. The lowest BCUT2D eigenvalue weighted by Crippen LogP contribution is -2.00. The van der Waals surface area contributed by atoms with Gasteiger partial charge in [0.1, 0.15) is 0 Å². The fraction of sp³-hybridized carbons (Fsp3) is 0.353. The third kappa shape index (κ3) is 3.32. The van der Waals surface area contributed by atoms with Crippen LogP contribution in [0.1, 0.15) is 45.1 Å².